The highest BCUT2D eigenvalue weighted by Gasteiger charge is 1.80. The average Bonchev–Trinajstić information content (AvgIpc) is 1.90. The standard InChI is InChI=1S/C6H9N/c1-2-4-6-7-5-3-1/h1,3,6H,2,4-5H2. The van der Waals surface area contributed by atoms with Gasteiger partial charge in [0.1, 0.15) is 0 Å². The molecule has 1 nitrogen and oxygen atoms in total. The summed E-state index contributed by atoms with van der Waals surface area (Å²) in [6, 6.07) is 0. The number of rotatable bonds is 0. The van der Waals surface area contributed by atoms with E-state index in [1.54, 1.807) is 0 Å². The molecule has 0 aromatic carbocycles. The Morgan fingerprint density at radius 1 is 1.14 bits per heavy atom. The van der Waals surface area contributed by atoms with Crippen LogP contribution >= 0.6 is 0 Å². The monoisotopic (exact) mass is 95.1 g/mol. The number of aliphatic imine (C=N–C) groups is 1. The molecule has 0 aromatic rings. The first-order valence-corrected chi connectivity index (χ1v) is 2.63. The molecule has 0 saturated heterocycles. The Morgan fingerprint density at radius 3 is 3.14 bits per heavy atom. The van der Waals surface area contributed by atoms with Crippen LogP contribution in [0.1, 0.15) is 12.8 Å². The number of allylic oxidation sites excluding steroid dienone is 1. The molecule has 0 N–H and O–H groups in total. The van der Waals surface area contributed by atoms with Crippen molar-refractivity contribution in [2.75, 3.05) is 6.54 Å². The lowest BCUT2D eigenvalue weighted by Crippen LogP contribution is -1.69. The molecule has 7 heavy (non-hydrogen) atoms. The van der Waals surface area contributed by atoms with Gasteiger partial charge in [0.05, 0.1) is 6.54 Å². The van der Waals surface area contributed by atoms with Gasteiger partial charge in [0.15, 0.2) is 0 Å². The van der Waals surface area contributed by atoms with Crippen molar-refractivity contribution >= 4 is 6.21 Å². The molecule has 0 spiro atoms. The molecular formula is C6H9N. The quantitative estimate of drug-likeness (QED) is 0.403. The first-order valence-electron chi connectivity index (χ1n) is 2.63. The van der Waals surface area contributed by atoms with Gasteiger partial charge in [-0.25, -0.2) is 0 Å². The third-order valence-electron chi connectivity index (χ3n) is 0.969. The summed E-state index contributed by atoms with van der Waals surface area (Å²) in [7, 11) is 0. The molecule has 1 aliphatic rings. The van der Waals surface area contributed by atoms with Crippen molar-refractivity contribution in [1.29, 1.82) is 0 Å². The molecular weight excluding hydrogens is 86.1 g/mol. The first kappa shape index (κ1) is 4.57. The number of hydrogen-bond donors (Lipinski definition) is 0. The molecule has 0 radical (unpaired) electrons. The van der Waals surface area contributed by atoms with Crippen LogP contribution in [0, 0.1) is 0 Å². The van der Waals surface area contributed by atoms with E-state index < -0.39 is 0 Å². The fraction of sp³-hybridized carbons (Fsp3) is 0.500. The summed E-state index contributed by atoms with van der Waals surface area (Å²) in [4.78, 5) is 4.06. The Hall–Kier alpha value is -0.590. The zero-order valence-corrected chi connectivity index (χ0v) is 4.30. The van der Waals surface area contributed by atoms with Gasteiger partial charge in [-0.1, -0.05) is 12.2 Å². The minimum Gasteiger partial charge on any atom is -0.293 e. The van der Waals surface area contributed by atoms with Crippen LogP contribution in [0.5, 0.6) is 0 Å². The topological polar surface area (TPSA) is 12.4 Å². The normalized spacial score (nSPS) is 19.4. The molecule has 0 unspecified atom stereocenters. The Bertz CT molecular complexity index is 80.4. The van der Waals surface area contributed by atoms with E-state index in [4.69, 9.17) is 0 Å². The van der Waals surface area contributed by atoms with Crippen LogP contribution in [0.2, 0.25) is 0 Å². The smallest absolute Gasteiger partial charge is 0.0566 e. The van der Waals surface area contributed by atoms with Gasteiger partial charge in [0.2, 0.25) is 0 Å². The summed E-state index contributed by atoms with van der Waals surface area (Å²) in [6.45, 7) is 0.889. The van der Waals surface area contributed by atoms with E-state index in [1.165, 1.54) is 6.42 Å². The van der Waals surface area contributed by atoms with Gasteiger partial charge in [0, 0.05) is 0 Å². The molecule has 0 bridgehead atoms. The maximum atomic E-state index is 4.06. The Labute approximate surface area is 43.8 Å². The van der Waals surface area contributed by atoms with Crippen molar-refractivity contribution in [3.05, 3.63) is 12.2 Å². The van der Waals surface area contributed by atoms with Crippen LogP contribution in [0.15, 0.2) is 17.1 Å². The Kier molecular flexibility index (Phi) is 1.67. The van der Waals surface area contributed by atoms with Crippen LogP contribution in [-0.2, 0) is 0 Å². The molecule has 1 aliphatic heterocycles. The summed E-state index contributed by atoms with van der Waals surface area (Å²) < 4.78 is 0. The van der Waals surface area contributed by atoms with Crippen molar-refractivity contribution < 1.29 is 0 Å². The van der Waals surface area contributed by atoms with Gasteiger partial charge in [-0.2, -0.15) is 0 Å². The van der Waals surface area contributed by atoms with Crippen molar-refractivity contribution in [3.8, 4) is 0 Å². The van der Waals surface area contributed by atoms with E-state index in [-0.39, 0.29) is 0 Å². The van der Waals surface area contributed by atoms with Crippen molar-refractivity contribution in [2.24, 2.45) is 4.99 Å². The third-order valence-corrected chi connectivity index (χ3v) is 0.969. The van der Waals surface area contributed by atoms with Gasteiger partial charge < -0.3 is 0 Å². The number of hydrogen-bond acceptors (Lipinski definition) is 1. The molecule has 0 atom stereocenters. The zero-order chi connectivity index (χ0) is 4.95. The van der Waals surface area contributed by atoms with Crippen molar-refractivity contribution in [1.82, 2.24) is 0 Å². The summed E-state index contributed by atoms with van der Waals surface area (Å²) in [6.07, 6.45) is 8.55. The minimum atomic E-state index is 0.889. The summed E-state index contributed by atoms with van der Waals surface area (Å²) >= 11 is 0. The lowest BCUT2D eigenvalue weighted by atomic mass is 10.3. The van der Waals surface area contributed by atoms with Gasteiger partial charge in [-0.05, 0) is 19.1 Å². The lowest BCUT2D eigenvalue weighted by Gasteiger charge is -1.75. The Balaban J connectivity index is 2.38. The molecule has 0 saturated carbocycles. The molecule has 1 heteroatoms. The van der Waals surface area contributed by atoms with Crippen LogP contribution in [0.25, 0.3) is 0 Å². The van der Waals surface area contributed by atoms with Gasteiger partial charge in [0.25, 0.3) is 0 Å². The summed E-state index contributed by atoms with van der Waals surface area (Å²) in [5.74, 6) is 0. The zero-order valence-electron chi connectivity index (χ0n) is 4.30. The summed E-state index contributed by atoms with van der Waals surface area (Å²) in [5, 5.41) is 0. The molecule has 38 valence electrons. The van der Waals surface area contributed by atoms with E-state index >= 15 is 0 Å². The maximum Gasteiger partial charge on any atom is 0.0566 e. The lowest BCUT2D eigenvalue weighted by molar-refractivity contribution is 1.13. The van der Waals surface area contributed by atoms with Gasteiger partial charge in [-0.15, -0.1) is 0 Å². The van der Waals surface area contributed by atoms with E-state index in [1.807, 2.05) is 6.21 Å². The Morgan fingerprint density at radius 2 is 2.14 bits per heavy atom. The van der Waals surface area contributed by atoms with Crippen LogP contribution in [-0.4, -0.2) is 12.8 Å². The van der Waals surface area contributed by atoms with Crippen LogP contribution in [0.4, 0.5) is 0 Å². The van der Waals surface area contributed by atoms with Gasteiger partial charge in [-0.3, -0.25) is 4.99 Å². The molecule has 0 aromatic heterocycles. The van der Waals surface area contributed by atoms with Crippen molar-refractivity contribution in [3.63, 3.8) is 0 Å². The number of nitrogens with zero attached hydrogens (tertiary/aromatic N) is 1. The predicted octanol–water partition coefficient (Wildman–Crippen LogP) is 1.41. The maximum absolute atomic E-state index is 4.06. The largest absolute Gasteiger partial charge is 0.293 e. The molecule has 0 fully saturated rings. The van der Waals surface area contributed by atoms with Crippen molar-refractivity contribution in [2.45, 2.75) is 12.8 Å². The highest BCUT2D eigenvalue weighted by Crippen LogP contribution is 1.91. The van der Waals surface area contributed by atoms with E-state index in [0.717, 1.165) is 13.0 Å². The van der Waals surface area contributed by atoms with Crippen LogP contribution in [0.3, 0.4) is 0 Å². The molecule has 0 aliphatic carbocycles. The summed E-state index contributed by atoms with van der Waals surface area (Å²) in [5.41, 5.74) is 0. The molecule has 1 heterocycles. The second kappa shape index (κ2) is 2.56. The predicted molar refractivity (Wildman–Crippen MR) is 31.7 cm³/mol. The second-order valence-corrected chi connectivity index (χ2v) is 1.60. The van der Waals surface area contributed by atoms with Crippen LogP contribution < -0.4 is 0 Å². The third kappa shape index (κ3) is 1.53. The molecule has 1 rings (SSSR count). The second-order valence-electron chi connectivity index (χ2n) is 1.60. The SMILES string of the molecule is C1=CCN=CCC1. The minimum absolute atomic E-state index is 0.889. The average molecular weight is 95.1 g/mol. The highest BCUT2D eigenvalue weighted by molar-refractivity contribution is 5.57. The van der Waals surface area contributed by atoms with E-state index in [2.05, 4.69) is 17.1 Å². The van der Waals surface area contributed by atoms with Gasteiger partial charge >= 0.3 is 0 Å². The first-order chi connectivity index (χ1) is 3.50. The highest BCUT2D eigenvalue weighted by atomic mass is 14.7. The fourth-order valence-electron chi connectivity index (χ4n) is 0.590. The molecule has 0 amide bonds. The van der Waals surface area contributed by atoms with E-state index in [9.17, 15) is 0 Å². The van der Waals surface area contributed by atoms with E-state index in [0.29, 0.717) is 0 Å². The fourth-order valence-corrected chi connectivity index (χ4v) is 0.590.